The van der Waals surface area contributed by atoms with Gasteiger partial charge in [0.05, 0.1) is 5.91 Å². The molecule has 0 aromatic heterocycles. The molecule has 120 valence electrons. The molecule has 0 heterocycles. The molecule has 0 bridgehead atoms. The van der Waals surface area contributed by atoms with Crippen LogP contribution in [0, 0.1) is 5.41 Å². The van der Waals surface area contributed by atoms with E-state index in [0.717, 1.165) is 9.52 Å². The fourth-order valence-electron chi connectivity index (χ4n) is 1.07. The van der Waals surface area contributed by atoms with Gasteiger partial charge in [0.15, 0.2) is 0 Å². The minimum absolute atomic E-state index is 0. The van der Waals surface area contributed by atoms with Gasteiger partial charge in [-0.2, -0.15) is 17.5 Å². The van der Waals surface area contributed by atoms with Gasteiger partial charge in [-0.1, -0.05) is 39.9 Å². The Bertz CT molecular complexity index is 468. The van der Waals surface area contributed by atoms with E-state index in [-0.39, 0.29) is 51.0 Å². The number of fused-ring (bicyclic) bond motifs is 1. The number of hydrogen-bond donors (Lipinski definition) is 0. The maximum absolute atomic E-state index is 10.1. The maximum Gasteiger partial charge on any atom is 4.00 e. The number of rotatable bonds is 0. The van der Waals surface area contributed by atoms with E-state index >= 15 is 0 Å². The number of hydrogen-bond acceptors (Lipinski definition) is 1. The van der Waals surface area contributed by atoms with Crippen molar-refractivity contribution in [3.8, 4) is 0 Å². The van der Waals surface area contributed by atoms with Crippen LogP contribution in [0.2, 0.25) is 13.1 Å². The molecule has 0 saturated carbocycles. The molecular formula is C16H23Cl2NOSiZr. The zero-order valence-electron chi connectivity index (χ0n) is 13.7. The third-order valence-electron chi connectivity index (χ3n) is 2.23. The number of halogens is 2. The summed E-state index contributed by atoms with van der Waals surface area (Å²) in [5, 5.41) is 2.66. The van der Waals surface area contributed by atoms with Crippen LogP contribution in [0.1, 0.15) is 20.8 Å². The van der Waals surface area contributed by atoms with Gasteiger partial charge in [-0.05, 0) is 0 Å². The number of benzene rings is 1. The Morgan fingerprint density at radius 2 is 1.50 bits per heavy atom. The van der Waals surface area contributed by atoms with Crippen LogP contribution in [0.4, 0.5) is 0 Å². The third-order valence-corrected chi connectivity index (χ3v) is 2.23. The summed E-state index contributed by atoms with van der Waals surface area (Å²) >= 11 is 0. The summed E-state index contributed by atoms with van der Waals surface area (Å²) in [6.45, 7) is 9.48. The molecule has 6 heteroatoms. The predicted octanol–water partition coefficient (Wildman–Crippen LogP) is -1.04. The summed E-state index contributed by atoms with van der Waals surface area (Å²) in [6.07, 6.45) is 0. The van der Waals surface area contributed by atoms with E-state index in [0.29, 0.717) is 0 Å². The van der Waals surface area contributed by atoms with Crippen molar-refractivity contribution >= 4 is 26.2 Å². The number of nitrogens with one attached hydrogen (secondary N) is 1. The van der Waals surface area contributed by atoms with E-state index in [4.69, 9.17) is 5.73 Å². The first-order valence-corrected chi connectivity index (χ1v) is 8.28. The van der Waals surface area contributed by atoms with E-state index in [1.165, 1.54) is 10.8 Å². The van der Waals surface area contributed by atoms with Gasteiger partial charge in [0.1, 0.15) is 0 Å². The van der Waals surface area contributed by atoms with E-state index in [9.17, 15) is 4.79 Å². The van der Waals surface area contributed by atoms with Crippen LogP contribution in [-0.2, 0) is 31.0 Å². The first kappa shape index (κ1) is 29.9. The topological polar surface area (TPSA) is 40.9 Å². The van der Waals surface area contributed by atoms with Gasteiger partial charge in [0.2, 0.25) is 0 Å². The molecule has 0 saturated heterocycles. The molecule has 1 N–H and O–H groups in total. The Balaban J connectivity index is -0.000000115. The second kappa shape index (κ2) is 15.9. The largest absolute Gasteiger partial charge is 4.00 e. The molecule has 1 amide bonds. The maximum atomic E-state index is 10.1. The quantitative estimate of drug-likeness (QED) is 0.385. The van der Waals surface area contributed by atoms with Crippen molar-refractivity contribution in [2.45, 2.75) is 33.9 Å². The zero-order chi connectivity index (χ0) is 14.9. The van der Waals surface area contributed by atoms with Gasteiger partial charge in [0.25, 0.3) is 0 Å². The molecule has 2 aromatic rings. The summed E-state index contributed by atoms with van der Waals surface area (Å²) in [5.41, 5.74) is 6.12. The Morgan fingerprint density at radius 1 is 1.09 bits per heavy atom. The molecule has 0 aliphatic heterocycles. The smallest absolute Gasteiger partial charge is 1.00 e. The molecule has 2 radical (unpaired) electrons. The molecule has 2 rings (SSSR count). The first-order valence-electron chi connectivity index (χ1n) is 6.28. The minimum Gasteiger partial charge on any atom is -1.00 e. The van der Waals surface area contributed by atoms with Crippen LogP contribution in [0.15, 0.2) is 42.5 Å². The monoisotopic (exact) mass is 433 g/mol. The third kappa shape index (κ3) is 13.6. The molecule has 2 aromatic carbocycles. The van der Waals surface area contributed by atoms with Crippen molar-refractivity contribution < 1.29 is 55.8 Å². The van der Waals surface area contributed by atoms with Crippen molar-refractivity contribution in [1.82, 2.24) is 0 Å². The van der Waals surface area contributed by atoms with Gasteiger partial charge in [0, 0.05) is 14.9 Å². The molecule has 0 atom stereocenters. The van der Waals surface area contributed by atoms with Crippen molar-refractivity contribution in [2.75, 3.05) is 0 Å². The summed E-state index contributed by atoms with van der Waals surface area (Å²) in [6, 6.07) is 14.7. The number of carbonyl (C=O) groups is 1. The molecule has 22 heavy (non-hydrogen) atoms. The van der Waals surface area contributed by atoms with Gasteiger partial charge in [-0.15, -0.1) is 29.7 Å². The zero-order valence-corrected chi connectivity index (χ0v) is 18.7. The number of amides is 1. The van der Waals surface area contributed by atoms with Gasteiger partial charge in [-0.3, -0.25) is 0 Å². The van der Waals surface area contributed by atoms with Gasteiger partial charge >= 0.3 is 26.2 Å². The Hall–Kier alpha value is -0.0200. The Labute approximate surface area is 168 Å². The van der Waals surface area contributed by atoms with E-state index in [1.807, 2.05) is 0 Å². The Morgan fingerprint density at radius 3 is 1.86 bits per heavy atom. The average Bonchev–Trinajstić information content (AvgIpc) is 2.77. The van der Waals surface area contributed by atoms with Crippen molar-refractivity contribution in [1.29, 1.82) is 0 Å². The second-order valence-electron chi connectivity index (χ2n) is 5.23. The van der Waals surface area contributed by atoms with Crippen molar-refractivity contribution in [2.24, 2.45) is 5.41 Å². The second-order valence-corrected chi connectivity index (χ2v) is 6.23. The summed E-state index contributed by atoms with van der Waals surface area (Å²) in [5.74, 6) is -0.507. The summed E-state index contributed by atoms with van der Waals surface area (Å²) in [4.78, 5) is 10.1. The predicted molar refractivity (Wildman–Crippen MR) is 85.8 cm³/mol. The molecule has 0 unspecified atom stereocenters. The van der Waals surface area contributed by atoms with Gasteiger partial charge in [-0.25, -0.2) is 0 Å². The van der Waals surface area contributed by atoms with Crippen molar-refractivity contribution in [3.63, 3.8) is 0 Å². The van der Waals surface area contributed by atoms with Gasteiger partial charge < -0.3 is 35.3 Å². The normalized spacial score (nSPS) is 8.59. The van der Waals surface area contributed by atoms with Crippen LogP contribution < -0.4 is 24.8 Å². The van der Waals surface area contributed by atoms with Crippen LogP contribution in [-0.4, -0.2) is 15.4 Å². The van der Waals surface area contributed by atoms with E-state index in [1.54, 1.807) is 20.8 Å². The number of carbonyl (C=O) groups excluding carboxylic acids is 1. The van der Waals surface area contributed by atoms with E-state index in [2.05, 4.69) is 55.6 Å². The van der Waals surface area contributed by atoms with E-state index < -0.39 is 11.3 Å². The van der Waals surface area contributed by atoms with Crippen LogP contribution in [0.5, 0.6) is 0 Å². The molecule has 0 spiro atoms. The molecule has 0 fully saturated rings. The first-order chi connectivity index (χ1) is 8.82. The van der Waals surface area contributed by atoms with Crippen LogP contribution in [0.3, 0.4) is 0 Å². The van der Waals surface area contributed by atoms with Crippen LogP contribution in [0.25, 0.3) is 16.5 Å². The minimum atomic E-state index is -0.507. The molecule has 0 aliphatic carbocycles. The molecule has 0 aliphatic rings. The van der Waals surface area contributed by atoms with Crippen LogP contribution >= 0.6 is 0 Å². The summed E-state index contributed by atoms with van der Waals surface area (Å²) < 4.78 is 0. The Kier molecular flexibility index (Phi) is 21.6. The average molecular weight is 436 g/mol. The molecular weight excluding hydrogens is 412 g/mol. The fourth-order valence-corrected chi connectivity index (χ4v) is 1.07. The standard InChI is InChI=1S/C9H7.C5H11NO.C2H6Si.2ClH.Zr/c1-2-5-9-7-3-6-8(9)4-1;1-5(2,3)4(6)7;1-3-2;;;/h1-7H;1-3H3,(H2,6,7);1-2H3;2*1H;/q-1;;;;;+4/p-3. The summed E-state index contributed by atoms with van der Waals surface area (Å²) in [7, 11) is 1.08. The van der Waals surface area contributed by atoms with Crippen molar-refractivity contribution in [3.05, 3.63) is 48.2 Å². The SMILES string of the molecule is CC(C)(C)C([NH-])=O.C[Si]C.[Cl-].[Cl-].[Zr+4].c1ccc2[cH-]ccc2c1. The fraction of sp³-hybridized carbons (Fsp3) is 0.375. The molecule has 2 nitrogen and oxygen atoms in total.